The molecule has 7 nitrogen and oxygen atoms in total. The highest BCUT2D eigenvalue weighted by Crippen LogP contribution is 2.37. The predicted octanol–water partition coefficient (Wildman–Crippen LogP) is 6.94. The van der Waals surface area contributed by atoms with E-state index in [4.69, 9.17) is 15.2 Å². The molecular formula is C27H34N4O3S. The molecule has 0 spiro atoms. The van der Waals surface area contributed by atoms with Gasteiger partial charge < -0.3 is 20.5 Å². The van der Waals surface area contributed by atoms with Gasteiger partial charge in [0.25, 0.3) is 0 Å². The fourth-order valence-corrected chi connectivity index (χ4v) is 3.71. The number of ether oxygens (including phenoxy) is 2. The Morgan fingerprint density at radius 1 is 1.00 bits per heavy atom. The third-order valence-corrected chi connectivity index (χ3v) is 5.90. The van der Waals surface area contributed by atoms with E-state index in [2.05, 4.69) is 64.7 Å². The maximum atomic E-state index is 13.1. The van der Waals surface area contributed by atoms with Gasteiger partial charge in [-0.05, 0) is 40.7 Å². The smallest absolute Gasteiger partial charge is 0.336 e. The lowest BCUT2D eigenvalue weighted by Crippen LogP contribution is -2.28. The highest BCUT2D eigenvalue weighted by Gasteiger charge is 2.23. The summed E-state index contributed by atoms with van der Waals surface area (Å²) in [5.74, 6) is 1.20. The zero-order valence-electron chi connectivity index (χ0n) is 21.3. The van der Waals surface area contributed by atoms with Gasteiger partial charge in [0.15, 0.2) is 0 Å². The van der Waals surface area contributed by atoms with Crippen LogP contribution in [-0.2, 0) is 10.8 Å². The maximum absolute atomic E-state index is 13.1. The molecule has 0 aliphatic heterocycles. The molecule has 0 atom stereocenters. The number of methoxy groups -OCH3 is 1. The first-order chi connectivity index (χ1) is 16.3. The number of urea groups is 1. The number of aromatic nitrogens is 1. The topological polar surface area (TPSA) is 89.7 Å². The summed E-state index contributed by atoms with van der Waals surface area (Å²) in [5.41, 5.74) is 9.38. The standard InChI is InChI=1S/C27H34N4O3S/c1-26(2,3)17-12-14-21(19(28)16-17)31(35)25(32)29-20-13-15-23(33-7)30-24(20)34-22-11-9-8-10-18(22)27(4,5)6/h8-16,35H,28H2,1-7H3,(H,29,32). The second-order valence-corrected chi connectivity index (χ2v) is 10.7. The van der Waals surface area contributed by atoms with Gasteiger partial charge in [-0.2, -0.15) is 4.98 Å². The number of nitrogens with one attached hydrogen (secondary N) is 1. The summed E-state index contributed by atoms with van der Waals surface area (Å²) < 4.78 is 12.6. The minimum Gasteiger partial charge on any atom is -0.481 e. The van der Waals surface area contributed by atoms with Gasteiger partial charge in [-0.3, -0.25) is 0 Å². The van der Waals surface area contributed by atoms with Crippen molar-refractivity contribution in [1.82, 2.24) is 4.98 Å². The number of nitrogens with zero attached hydrogens (tertiary/aromatic N) is 2. The first-order valence-corrected chi connectivity index (χ1v) is 11.7. The number of nitrogen functional groups attached to an aromatic ring is 1. The first kappa shape index (κ1) is 26.2. The molecule has 0 aliphatic rings. The highest BCUT2D eigenvalue weighted by atomic mass is 32.1. The van der Waals surface area contributed by atoms with Crippen LogP contribution in [0.25, 0.3) is 0 Å². The van der Waals surface area contributed by atoms with Crippen molar-refractivity contribution in [1.29, 1.82) is 0 Å². The van der Waals surface area contributed by atoms with E-state index in [0.29, 0.717) is 28.7 Å². The molecule has 0 aliphatic carbocycles. The van der Waals surface area contributed by atoms with Crippen molar-refractivity contribution in [3.05, 3.63) is 65.7 Å². The van der Waals surface area contributed by atoms with Crippen LogP contribution in [0, 0.1) is 0 Å². The molecule has 0 bridgehead atoms. The lowest BCUT2D eigenvalue weighted by atomic mass is 9.86. The van der Waals surface area contributed by atoms with Crippen molar-refractivity contribution < 1.29 is 14.3 Å². The average molecular weight is 495 g/mol. The number of thiol groups is 1. The number of anilines is 3. The monoisotopic (exact) mass is 494 g/mol. The number of amides is 2. The second kappa shape index (κ2) is 10.1. The van der Waals surface area contributed by atoms with Gasteiger partial charge >= 0.3 is 6.03 Å². The SMILES string of the molecule is COc1ccc(NC(=O)N(S)c2ccc(C(C)(C)C)cc2N)c(Oc2ccccc2C(C)(C)C)n1. The highest BCUT2D eigenvalue weighted by molar-refractivity contribution is 7.82. The summed E-state index contributed by atoms with van der Waals surface area (Å²) >= 11 is 4.40. The largest absolute Gasteiger partial charge is 0.481 e. The average Bonchev–Trinajstić information content (AvgIpc) is 2.78. The zero-order chi connectivity index (χ0) is 26.0. The third-order valence-electron chi connectivity index (χ3n) is 5.50. The van der Waals surface area contributed by atoms with Crippen molar-refractivity contribution in [2.75, 3.05) is 22.5 Å². The van der Waals surface area contributed by atoms with Crippen LogP contribution in [-0.4, -0.2) is 18.1 Å². The van der Waals surface area contributed by atoms with Crippen molar-refractivity contribution in [3.8, 4) is 17.5 Å². The molecule has 3 rings (SSSR count). The molecular weight excluding hydrogens is 460 g/mol. The van der Waals surface area contributed by atoms with Crippen LogP contribution in [0.1, 0.15) is 52.7 Å². The van der Waals surface area contributed by atoms with Crippen LogP contribution in [0.2, 0.25) is 0 Å². The lowest BCUT2D eigenvalue weighted by Gasteiger charge is -2.24. The van der Waals surface area contributed by atoms with E-state index >= 15 is 0 Å². The molecule has 2 aromatic carbocycles. The third kappa shape index (κ3) is 6.19. The van der Waals surface area contributed by atoms with Crippen LogP contribution >= 0.6 is 12.8 Å². The molecule has 1 aromatic heterocycles. The van der Waals surface area contributed by atoms with Crippen molar-refractivity contribution in [3.63, 3.8) is 0 Å². The Balaban J connectivity index is 1.91. The molecule has 0 unspecified atom stereocenters. The van der Waals surface area contributed by atoms with Gasteiger partial charge in [0.05, 0.1) is 18.5 Å². The maximum Gasteiger partial charge on any atom is 0.336 e. The summed E-state index contributed by atoms with van der Waals surface area (Å²) in [6.45, 7) is 12.6. The second-order valence-electron chi connectivity index (χ2n) is 10.3. The van der Waals surface area contributed by atoms with Gasteiger partial charge in [0.2, 0.25) is 11.8 Å². The van der Waals surface area contributed by atoms with E-state index in [1.807, 2.05) is 36.4 Å². The molecule has 3 N–H and O–H groups in total. The number of nitrogens with two attached hydrogens (primary N) is 1. The zero-order valence-corrected chi connectivity index (χ0v) is 22.2. The van der Waals surface area contributed by atoms with Crippen molar-refractivity contribution in [2.24, 2.45) is 0 Å². The molecule has 3 aromatic rings. The van der Waals surface area contributed by atoms with Crippen LogP contribution in [0.4, 0.5) is 21.9 Å². The minimum absolute atomic E-state index is 0.0688. The van der Waals surface area contributed by atoms with Gasteiger partial charge in [-0.15, -0.1) is 0 Å². The Morgan fingerprint density at radius 3 is 2.29 bits per heavy atom. The number of hydrogen-bond acceptors (Lipinski definition) is 6. The molecule has 0 saturated heterocycles. The number of hydrogen-bond donors (Lipinski definition) is 3. The fraction of sp³-hybridized carbons (Fsp3) is 0.333. The molecule has 0 fully saturated rings. The predicted molar refractivity (Wildman–Crippen MR) is 146 cm³/mol. The summed E-state index contributed by atoms with van der Waals surface area (Å²) in [5, 5.41) is 2.82. The van der Waals surface area contributed by atoms with Crippen LogP contribution in [0.15, 0.2) is 54.6 Å². The Morgan fingerprint density at radius 2 is 1.69 bits per heavy atom. The van der Waals surface area contributed by atoms with E-state index in [0.717, 1.165) is 11.1 Å². The molecule has 35 heavy (non-hydrogen) atoms. The molecule has 0 saturated carbocycles. The summed E-state index contributed by atoms with van der Waals surface area (Å²) in [6.07, 6.45) is 0. The number of pyridine rings is 1. The van der Waals surface area contributed by atoms with E-state index in [1.54, 1.807) is 18.2 Å². The van der Waals surface area contributed by atoms with Gasteiger partial charge in [-0.1, -0.05) is 78.6 Å². The lowest BCUT2D eigenvalue weighted by molar-refractivity contribution is 0.260. The van der Waals surface area contributed by atoms with Gasteiger partial charge in [0, 0.05) is 11.6 Å². The number of rotatable bonds is 5. The van der Waals surface area contributed by atoms with E-state index in [-0.39, 0.29) is 16.7 Å². The summed E-state index contributed by atoms with van der Waals surface area (Å²) in [6, 6.07) is 16.1. The molecule has 1 heterocycles. The van der Waals surface area contributed by atoms with Crippen molar-refractivity contribution in [2.45, 2.75) is 52.4 Å². The minimum atomic E-state index is -0.510. The summed E-state index contributed by atoms with van der Waals surface area (Å²) in [4.78, 5) is 17.5. The van der Waals surface area contributed by atoms with Crippen LogP contribution in [0.3, 0.4) is 0 Å². The van der Waals surface area contributed by atoms with Crippen molar-refractivity contribution >= 4 is 35.9 Å². The quantitative estimate of drug-likeness (QED) is 0.264. The molecule has 186 valence electrons. The first-order valence-electron chi connectivity index (χ1n) is 11.3. The number of para-hydroxylation sites is 1. The Bertz CT molecular complexity index is 1220. The summed E-state index contributed by atoms with van der Waals surface area (Å²) in [7, 11) is 1.52. The van der Waals surface area contributed by atoms with Crippen LogP contribution < -0.4 is 24.8 Å². The molecule has 0 radical (unpaired) electrons. The van der Waals surface area contributed by atoms with Gasteiger partial charge in [-0.25, -0.2) is 9.10 Å². The Kier molecular flexibility index (Phi) is 7.55. The fourth-order valence-electron chi connectivity index (χ4n) is 3.48. The molecule has 8 heteroatoms. The van der Waals surface area contributed by atoms with E-state index in [9.17, 15) is 4.79 Å². The number of carbonyl (C=O) groups is 1. The number of carbonyl (C=O) groups excluding carboxylic acids is 1. The van der Waals surface area contributed by atoms with E-state index in [1.165, 1.54) is 11.4 Å². The Labute approximate surface area is 213 Å². The normalized spacial score (nSPS) is 11.7. The Hall–Kier alpha value is -3.39. The van der Waals surface area contributed by atoms with E-state index < -0.39 is 6.03 Å². The van der Waals surface area contributed by atoms with Gasteiger partial charge in [0.1, 0.15) is 11.4 Å². The van der Waals surface area contributed by atoms with Crippen LogP contribution in [0.5, 0.6) is 17.5 Å². The number of benzene rings is 2. The molecule has 2 amide bonds.